The van der Waals surface area contributed by atoms with Crippen molar-refractivity contribution in [3.8, 4) is 0 Å². The molecule has 1 aliphatic rings. The van der Waals surface area contributed by atoms with Gasteiger partial charge in [0.25, 0.3) is 0 Å². The Morgan fingerprint density at radius 1 is 1.60 bits per heavy atom. The molecule has 15 heavy (non-hydrogen) atoms. The molecule has 5 heteroatoms. The Morgan fingerprint density at radius 3 is 3.13 bits per heavy atom. The highest BCUT2D eigenvalue weighted by Crippen LogP contribution is 2.10. The minimum Gasteiger partial charge on any atom is -0.365 e. The van der Waals surface area contributed by atoms with Gasteiger partial charge in [-0.15, -0.1) is 0 Å². The molecule has 1 aliphatic heterocycles. The number of nitrogens with one attached hydrogen (secondary N) is 2. The van der Waals surface area contributed by atoms with Crippen LogP contribution in [0, 0.1) is 0 Å². The van der Waals surface area contributed by atoms with Crippen LogP contribution < -0.4 is 10.6 Å². The Hall–Kier alpha value is -1.65. The lowest BCUT2D eigenvalue weighted by Crippen LogP contribution is -2.22. The molecule has 0 aliphatic carbocycles. The van der Waals surface area contributed by atoms with Gasteiger partial charge < -0.3 is 10.6 Å². The van der Waals surface area contributed by atoms with Crippen molar-refractivity contribution in [2.24, 2.45) is 0 Å². The molecule has 0 spiro atoms. The first-order valence-electron chi connectivity index (χ1n) is 5.12. The van der Waals surface area contributed by atoms with Crippen LogP contribution in [0.2, 0.25) is 0 Å². The summed E-state index contributed by atoms with van der Waals surface area (Å²) in [7, 11) is 0. The van der Waals surface area contributed by atoms with E-state index in [-0.39, 0.29) is 11.9 Å². The first kappa shape index (κ1) is 9.89. The molecule has 2 N–H and O–H groups in total. The van der Waals surface area contributed by atoms with E-state index >= 15 is 0 Å². The van der Waals surface area contributed by atoms with Gasteiger partial charge in [0.1, 0.15) is 12.1 Å². The summed E-state index contributed by atoms with van der Waals surface area (Å²) in [5.41, 5.74) is 1.00. The maximum Gasteiger partial charge on any atom is 0.222 e. The number of amides is 1. The molecule has 0 radical (unpaired) electrons. The van der Waals surface area contributed by atoms with Gasteiger partial charge in [-0.1, -0.05) is 6.92 Å². The Labute approximate surface area is 88.3 Å². The lowest BCUT2D eigenvalue weighted by Gasteiger charge is -2.10. The van der Waals surface area contributed by atoms with Crippen molar-refractivity contribution in [3.63, 3.8) is 0 Å². The van der Waals surface area contributed by atoms with Crippen molar-refractivity contribution in [1.29, 1.82) is 0 Å². The predicted molar refractivity (Wildman–Crippen MR) is 56.4 cm³/mol. The SMILES string of the molecule is CCc1cc(NC2CNC(=O)C2)ncn1. The van der Waals surface area contributed by atoms with Crippen LogP contribution in [0.15, 0.2) is 12.4 Å². The number of anilines is 1. The molecular formula is C10H14N4O. The highest BCUT2D eigenvalue weighted by molar-refractivity contribution is 5.79. The number of hydrogen-bond donors (Lipinski definition) is 2. The minimum atomic E-state index is 0.0947. The number of carbonyl (C=O) groups is 1. The third kappa shape index (κ3) is 2.43. The highest BCUT2D eigenvalue weighted by atomic mass is 16.1. The molecule has 5 nitrogen and oxygen atoms in total. The van der Waals surface area contributed by atoms with Crippen LogP contribution in [-0.4, -0.2) is 28.5 Å². The van der Waals surface area contributed by atoms with E-state index in [9.17, 15) is 4.79 Å². The van der Waals surface area contributed by atoms with E-state index in [1.807, 2.05) is 13.0 Å². The Balaban J connectivity index is 2.01. The summed E-state index contributed by atoms with van der Waals surface area (Å²) in [5.74, 6) is 0.889. The molecule has 1 atom stereocenters. The van der Waals surface area contributed by atoms with Crippen molar-refractivity contribution in [2.75, 3.05) is 11.9 Å². The molecule has 1 saturated heterocycles. The zero-order valence-electron chi connectivity index (χ0n) is 8.66. The smallest absolute Gasteiger partial charge is 0.222 e. The van der Waals surface area contributed by atoms with Gasteiger partial charge in [-0.05, 0) is 6.42 Å². The molecular weight excluding hydrogens is 192 g/mol. The van der Waals surface area contributed by atoms with E-state index in [0.29, 0.717) is 13.0 Å². The maximum atomic E-state index is 11.0. The number of aryl methyl sites for hydroxylation is 1. The van der Waals surface area contributed by atoms with Crippen LogP contribution in [0.4, 0.5) is 5.82 Å². The van der Waals surface area contributed by atoms with Crippen LogP contribution in [0.5, 0.6) is 0 Å². The third-order valence-corrected chi connectivity index (χ3v) is 2.42. The molecule has 0 saturated carbocycles. The van der Waals surface area contributed by atoms with E-state index in [1.165, 1.54) is 0 Å². The number of aromatic nitrogens is 2. The summed E-state index contributed by atoms with van der Waals surface area (Å²) in [5, 5.41) is 5.99. The van der Waals surface area contributed by atoms with Crippen molar-refractivity contribution in [3.05, 3.63) is 18.1 Å². The normalized spacial score (nSPS) is 20.1. The number of rotatable bonds is 3. The fraction of sp³-hybridized carbons (Fsp3) is 0.500. The van der Waals surface area contributed by atoms with Crippen LogP contribution in [0.1, 0.15) is 19.0 Å². The van der Waals surface area contributed by atoms with E-state index in [2.05, 4.69) is 20.6 Å². The van der Waals surface area contributed by atoms with E-state index in [1.54, 1.807) is 6.33 Å². The Morgan fingerprint density at radius 2 is 2.47 bits per heavy atom. The van der Waals surface area contributed by atoms with Gasteiger partial charge in [0.05, 0.1) is 6.04 Å². The number of nitrogens with zero attached hydrogens (tertiary/aromatic N) is 2. The minimum absolute atomic E-state index is 0.0947. The lowest BCUT2D eigenvalue weighted by molar-refractivity contribution is -0.119. The van der Waals surface area contributed by atoms with Gasteiger partial charge in [0.2, 0.25) is 5.91 Å². The van der Waals surface area contributed by atoms with Gasteiger partial charge in [-0.2, -0.15) is 0 Å². The maximum absolute atomic E-state index is 11.0. The van der Waals surface area contributed by atoms with Gasteiger partial charge in [-0.25, -0.2) is 9.97 Å². The van der Waals surface area contributed by atoms with Gasteiger partial charge in [0.15, 0.2) is 0 Å². The zero-order valence-corrected chi connectivity index (χ0v) is 8.66. The van der Waals surface area contributed by atoms with Crippen molar-refractivity contribution in [2.45, 2.75) is 25.8 Å². The topological polar surface area (TPSA) is 66.9 Å². The van der Waals surface area contributed by atoms with Gasteiger partial charge in [0, 0.05) is 24.7 Å². The zero-order chi connectivity index (χ0) is 10.7. The Kier molecular flexibility index (Phi) is 2.80. The summed E-state index contributed by atoms with van der Waals surface area (Å²) in [6.45, 7) is 2.72. The molecule has 1 aromatic heterocycles. The fourth-order valence-electron chi connectivity index (χ4n) is 1.59. The second kappa shape index (κ2) is 4.25. The van der Waals surface area contributed by atoms with Crippen molar-refractivity contribution in [1.82, 2.24) is 15.3 Å². The predicted octanol–water partition coefficient (Wildman–Crippen LogP) is 0.339. The first-order valence-corrected chi connectivity index (χ1v) is 5.12. The summed E-state index contributed by atoms with van der Waals surface area (Å²) >= 11 is 0. The summed E-state index contributed by atoms with van der Waals surface area (Å²) in [6.07, 6.45) is 2.95. The lowest BCUT2D eigenvalue weighted by atomic mass is 10.2. The molecule has 1 unspecified atom stereocenters. The second-order valence-electron chi connectivity index (χ2n) is 3.60. The standard InChI is InChI=1S/C10H14N4O/c1-2-7-3-9(13-6-12-7)14-8-4-10(15)11-5-8/h3,6,8H,2,4-5H2,1H3,(H,11,15)(H,12,13,14). The second-order valence-corrected chi connectivity index (χ2v) is 3.60. The average Bonchev–Trinajstić information content (AvgIpc) is 2.64. The van der Waals surface area contributed by atoms with Gasteiger partial charge >= 0.3 is 0 Å². The highest BCUT2D eigenvalue weighted by Gasteiger charge is 2.21. The average molecular weight is 206 g/mol. The van der Waals surface area contributed by atoms with Crippen LogP contribution in [0.25, 0.3) is 0 Å². The van der Waals surface area contributed by atoms with Crippen molar-refractivity contribution < 1.29 is 4.79 Å². The first-order chi connectivity index (χ1) is 7.28. The molecule has 2 rings (SSSR count). The third-order valence-electron chi connectivity index (χ3n) is 2.42. The molecule has 1 aromatic rings. The van der Waals surface area contributed by atoms with Crippen LogP contribution in [0.3, 0.4) is 0 Å². The molecule has 1 amide bonds. The Bertz CT molecular complexity index is 366. The van der Waals surface area contributed by atoms with Crippen LogP contribution >= 0.6 is 0 Å². The number of carbonyl (C=O) groups excluding carboxylic acids is 1. The van der Waals surface area contributed by atoms with E-state index in [0.717, 1.165) is 17.9 Å². The molecule has 2 heterocycles. The fourth-order valence-corrected chi connectivity index (χ4v) is 1.59. The van der Waals surface area contributed by atoms with E-state index < -0.39 is 0 Å². The monoisotopic (exact) mass is 206 g/mol. The quantitative estimate of drug-likeness (QED) is 0.748. The summed E-state index contributed by atoms with van der Waals surface area (Å²) in [4.78, 5) is 19.2. The molecule has 1 fully saturated rings. The largest absolute Gasteiger partial charge is 0.365 e. The molecule has 80 valence electrons. The van der Waals surface area contributed by atoms with Gasteiger partial charge in [-0.3, -0.25) is 4.79 Å². The number of hydrogen-bond acceptors (Lipinski definition) is 4. The van der Waals surface area contributed by atoms with E-state index in [4.69, 9.17) is 0 Å². The van der Waals surface area contributed by atoms with Crippen molar-refractivity contribution >= 4 is 11.7 Å². The molecule has 0 bridgehead atoms. The molecule has 0 aromatic carbocycles. The van der Waals surface area contributed by atoms with Crippen LogP contribution in [-0.2, 0) is 11.2 Å². The summed E-state index contributed by atoms with van der Waals surface area (Å²) < 4.78 is 0. The summed E-state index contributed by atoms with van der Waals surface area (Å²) in [6, 6.07) is 2.07.